The number of benzene rings is 2. The Kier molecular flexibility index (Phi) is 5.94. The molecule has 3 heterocycles. The molecule has 0 bridgehead atoms. The molecule has 0 unspecified atom stereocenters. The molecule has 5 heteroatoms. The molecule has 1 saturated heterocycles. The quantitative estimate of drug-likeness (QED) is 0.476. The molecule has 0 amide bonds. The summed E-state index contributed by atoms with van der Waals surface area (Å²) in [5.74, 6) is 1.15. The number of hydrogen-bond donors (Lipinski definition) is 1. The van der Waals surface area contributed by atoms with Gasteiger partial charge >= 0.3 is 0 Å². The Hall–Kier alpha value is -3.18. The van der Waals surface area contributed by atoms with E-state index < -0.39 is 0 Å². The summed E-state index contributed by atoms with van der Waals surface area (Å²) < 4.78 is 1.97. The van der Waals surface area contributed by atoms with E-state index in [1.54, 1.807) is 0 Å². The average molecular weight is 412 g/mol. The van der Waals surface area contributed by atoms with Crippen LogP contribution < -0.4 is 10.2 Å². The van der Waals surface area contributed by atoms with Crippen molar-refractivity contribution in [2.45, 2.75) is 38.9 Å². The van der Waals surface area contributed by atoms with Crippen LogP contribution in [0.5, 0.6) is 0 Å². The zero-order valence-corrected chi connectivity index (χ0v) is 17.9. The number of hydrogen-bond acceptors (Lipinski definition) is 4. The van der Waals surface area contributed by atoms with E-state index in [0.717, 1.165) is 44.1 Å². The van der Waals surface area contributed by atoms with E-state index in [1.807, 2.05) is 23.1 Å². The maximum Gasteiger partial charge on any atom is 0.133 e. The van der Waals surface area contributed by atoms with Crippen molar-refractivity contribution in [1.82, 2.24) is 20.1 Å². The SMILES string of the molecule is c1ccc(Cn2cccn2)c(CNCc2cc3ccccc3nc2N2CCCCC2)c1. The Labute approximate surface area is 183 Å². The van der Waals surface area contributed by atoms with Gasteiger partial charge in [-0.3, -0.25) is 4.68 Å². The molecule has 0 aliphatic carbocycles. The van der Waals surface area contributed by atoms with Gasteiger partial charge in [-0.25, -0.2) is 4.98 Å². The van der Waals surface area contributed by atoms with Gasteiger partial charge in [-0.05, 0) is 48.6 Å². The third kappa shape index (κ3) is 4.62. The topological polar surface area (TPSA) is 46.0 Å². The number of fused-ring (bicyclic) bond motifs is 1. The summed E-state index contributed by atoms with van der Waals surface area (Å²) >= 11 is 0. The summed E-state index contributed by atoms with van der Waals surface area (Å²) in [6.45, 7) is 4.63. The highest BCUT2D eigenvalue weighted by Crippen LogP contribution is 2.26. The van der Waals surface area contributed by atoms with Gasteiger partial charge in [0.15, 0.2) is 0 Å². The molecule has 2 aromatic heterocycles. The lowest BCUT2D eigenvalue weighted by Crippen LogP contribution is -2.31. The van der Waals surface area contributed by atoms with Crippen molar-refractivity contribution >= 4 is 16.7 Å². The van der Waals surface area contributed by atoms with Crippen molar-refractivity contribution in [3.8, 4) is 0 Å². The van der Waals surface area contributed by atoms with Gasteiger partial charge in [-0.15, -0.1) is 0 Å². The highest BCUT2D eigenvalue weighted by Gasteiger charge is 2.17. The zero-order chi connectivity index (χ0) is 20.9. The number of nitrogens with zero attached hydrogens (tertiary/aromatic N) is 4. The minimum absolute atomic E-state index is 0.793. The molecule has 2 aromatic carbocycles. The summed E-state index contributed by atoms with van der Waals surface area (Å²) in [6.07, 6.45) is 7.67. The number of para-hydroxylation sites is 1. The first-order valence-electron chi connectivity index (χ1n) is 11.3. The van der Waals surface area contributed by atoms with Crippen molar-refractivity contribution in [2.24, 2.45) is 0 Å². The van der Waals surface area contributed by atoms with E-state index in [0.29, 0.717) is 0 Å². The molecule has 1 fully saturated rings. The summed E-state index contributed by atoms with van der Waals surface area (Å²) in [5.41, 5.74) is 4.97. The van der Waals surface area contributed by atoms with Crippen LogP contribution in [-0.4, -0.2) is 27.9 Å². The first-order valence-corrected chi connectivity index (χ1v) is 11.3. The third-order valence-corrected chi connectivity index (χ3v) is 6.08. The molecule has 5 rings (SSSR count). The van der Waals surface area contributed by atoms with Crippen LogP contribution in [0.3, 0.4) is 0 Å². The molecular formula is C26H29N5. The molecule has 31 heavy (non-hydrogen) atoms. The second-order valence-electron chi connectivity index (χ2n) is 8.29. The van der Waals surface area contributed by atoms with Crippen LogP contribution in [0.1, 0.15) is 36.0 Å². The number of anilines is 1. The van der Waals surface area contributed by atoms with E-state index in [4.69, 9.17) is 4.98 Å². The average Bonchev–Trinajstić information content (AvgIpc) is 3.33. The highest BCUT2D eigenvalue weighted by molar-refractivity contribution is 5.81. The minimum atomic E-state index is 0.793. The van der Waals surface area contributed by atoms with Crippen molar-refractivity contribution in [3.63, 3.8) is 0 Å². The van der Waals surface area contributed by atoms with Crippen LogP contribution in [0.4, 0.5) is 5.82 Å². The molecule has 4 aromatic rings. The highest BCUT2D eigenvalue weighted by atomic mass is 15.3. The Morgan fingerprint density at radius 1 is 0.806 bits per heavy atom. The number of pyridine rings is 1. The zero-order valence-electron chi connectivity index (χ0n) is 17.9. The molecule has 1 N–H and O–H groups in total. The third-order valence-electron chi connectivity index (χ3n) is 6.08. The lowest BCUT2D eigenvalue weighted by atomic mass is 10.1. The van der Waals surface area contributed by atoms with Gasteiger partial charge in [0.05, 0.1) is 12.1 Å². The fourth-order valence-electron chi connectivity index (χ4n) is 4.44. The summed E-state index contributed by atoms with van der Waals surface area (Å²) in [6, 6.07) is 21.3. The van der Waals surface area contributed by atoms with Crippen LogP contribution in [0.25, 0.3) is 10.9 Å². The summed E-state index contributed by atoms with van der Waals surface area (Å²) in [7, 11) is 0. The van der Waals surface area contributed by atoms with Crippen molar-refractivity contribution in [2.75, 3.05) is 18.0 Å². The molecule has 0 spiro atoms. The number of piperidine rings is 1. The molecule has 0 saturated carbocycles. The Bertz CT molecular complexity index is 1130. The predicted octanol–water partition coefficient (Wildman–Crippen LogP) is 4.76. The standard InChI is InChI=1S/C26H29N5/c1-6-14-30(15-7-1)26-24(17-21-9-4-5-12-25(21)29-26)19-27-18-22-10-2-3-11-23(22)20-31-16-8-13-28-31/h2-5,8-13,16-17,27H,1,6-7,14-15,18-20H2. The van der Waals surface area contributed by atoms with E-state index >= 15 is 0 Å². The lowest BCUT2D eigenvalue weighted by Gasteiger charge is -2.30. The van der Waals surface area contributed by atoms with Gasteiger partial charge in [0.2, 0.25) is 0 Å². The fraction of sp³-hybridized carbons (Fsp3) is 0.308. The second-order valence-corrected chi connectivity index (χ2v) is 8.29. The van der Waals surface area contributed by atoms with E-state index in [9.17, 15) is 0 Å². The fourth-order valence-corrected chi connectivity index (χ4v) is 4.44. The van der Waals surface area contributed by atoms with Gasteiger partial charge in [0, 0.05) is 49.5 Å². The van der Waals surface area contributed by atoms with E-state index in [2.05, 4.69) is 69.9 Å². The molecule has 1 aliphatic rings. The largest absolute Gasteiger partial charge is 0.356 e. The number of aromatic nitrogens is 3. The van der Waals surface area contributed by atoms with Crippen LogP contribution in [-0.2, 0) is 19.6 Å². The van der Waals surface area contributed by atoms with Gasteiger partial charge in [0.1, 0.15) is 5.82 Å². The van der Waals surface area contributed by atoms with Gasteiger partial charge < -0.3 is 10.2 Å². The molecular weight excluding hydrogens is 382 g/mol. The van der Waals surface area contributed by atoms with Crippen LogP contribution in [0.2, 0.25) is 0 Å². The Morgan fingerprint density at radius 3 is 2.42 bits per heavy atom. The number of nitrogens with one attached hydrogen (secondary N) is 1. The Morgan fingerprint density at radius 2 is 1.58 bits per heavy atom. The van der Waals surface area contributed by atoms with Gasteiger partial charge in [0.25, 0.3) is 0 Å². The number of rotatable bonds is 7. The van der Waals surface area contributed by atoms with Crippen LogP contribution in [0.15, 0.2) is 73.1 Å². The smallest absolute Gasteiger partial charge is 0.133 e. The first-order chi connectivity index (χ1) is 15.4. The molecule has 5 nitrogen and oxygen atoms in total. The van der Waals surface area contributed by atoms with Crippen molar-refractivity contribution < 1.29 is 0 Å². The molecule has 0 radical (unpaired) electrons. The Balaban J connectivity index is 1.35. The first kappa shape index (κ1) is 19.8. The van der Waals surface area contributed by atoms with Gasteiger partial charge in [-0.1, -0.05) is 42.5 Å². The molecule has 158 valence electrons. The van der Waals surface area contributed by atoms with Crippen molar-refractivity contribution in [1.29, 1.82) is 0 Å². The maximum atomic E-state index is 5.07. The van der Waals surface area contributed by atoms with Crippen LogP contribution in [0, 0.1) is 0 Å². The van der Waals surface area contributed by atoms with E-state index in [1.165, 1.54) is 41.3 Å². The molecule has 1 aliphatic heterocycles. The minimum Gasteiger partial charge on any atom is -0.356 e. The van der Waals surface area contributed by atoms with Gasteiger partial charge in [-0.2, -0.15) is 5.10 Å². The predicted molar refractivity (Wildman–Crippen MR) is 126 cm³/mol. The molecule has 0 atom stereocenters. The monoisotopic (exact) mass is 411 g/mol. The lowest BCUT2D eigenvalue weighted by molar-refractivity contribution is 0.570. The summed E-state index contributed by atoms with van der Waals surface area (Å²) in [5, 5.41) is 9.25. The van der Waals surface area contributed by atoms with Crippen molar-refractivity contribution in [3.05, 3.63) is 89.7 Å². The van der Waals surface area contributed by atoms with E-state index in [-0.39, 0.29) is 0 Å². The second kappa shape index (κ2) is 9.31. The maximum absolute atomic E-state index is 5.07. The normalized spacial score (nSPS) is 14.3. The summed E-state index contributed by atoms with van der Waals surface area (Å²) in [4.78, 5) is 7.54. The van der Waals surface area contributed by atoms with Crippen LogP contribution >= 0.6 is 0 Å².